The summed E-state index contributed by atoms with van der Waals surface area (Å²) < 4.78 is 11.9. The molecule has 3 aromatic rings. The summed E-state index contributed by atoms with van der Waals surface area (Å²) in [4.78, 5) is 15.8. The molecule has 9 heteroatoms. The molecule has 0 aliphatic carbocycles. The second kappa shape index (κ2) is 6.00. The molecule has 3 rings (SSSR count). The van der Waals surface area contributed by atoms with E-state index in [1.54, 1.807) is 23.0 Å². The molecular formula is C12H13N5O3S. The van der Waals surface area contributed by atoms with Crippen LogP contribution in [0.4, 0.5) is 0 Å². The van der Waals surface area contributed by atoms with Gasteiger partial charge in [0.25, 0.3) is 0 Å². The fraction of sp³-hybridized carbons (Fsp3) is 0.333. The molecule has 0 aliphatic heterocycles. The molecule has 0 fully saturated rings. The molecule has 21 heavy (non-hydrogen) atoms. The van der Waals surface area contributed by atoms with Crippen LogP contribution in [0.15, 0.2) is 37.3 Å². The molecule has 3 aromatic heterocycles. The van der Waals surface area contributed by atoms with E-state index in [2.05, 4.69) is 20.3 Å². The monoisotopic (exact) mass is 307 g/mol. The van der Waals surface area contributed by atoms with Gasteiger partial charge in [-0.2, -0.15) is 4.98 Å². The second-order valence-electron chi connectivity index (χ2n) is 4.24. The molecule has 3 heterocycles. The Morgan fingerprint density at radius 2 is 2.38 bits per heavy atom. The Morgan fingerprint density at radius 1 is 1.48 bits per heavy atom. The van der Waals surface area contributed by atoms with Crippen LogP contribution in [0.25, 0.3) is 11.6 Å². The standard InChI is InChI=1S/C12H13N5O3S/c1-2-5-17-11(18)14-15-12(17)21-7-9-13-10(16-20-9)8-4-3-6-19-8/h3-4,6H,2,5,7H2,1H3,(H,14,18). The van der Waals surface area contributed by atoms with Crippen molar-refractivity contribution in [3.8, 4) is 11.6 Å². The lowest BCUT2D eigenvalue weighted by Crippen LogP contribution is -2.17. The Kier molecular flexibility index (Phi) is 3.91. The zero-order valence-electron chi connectivity index (χ0n) is 11.3. The Hall–Kier alpha value is -2.29. The number of hydrogen-bond donors (Lipinski definition) is 1. The molecule has 0 spiro atoms. The first-order valence-corrected chi connectivity index (χ1v) is 7.41. The van der Waals surface area contributed by atoms with Gasteiger partial charge in [0.1, 0.15) is 0 Å². The number of thioether (sulfide) groups is 1. The number of aromatic amines is 1. The molecule has 0 aliphatic rings. The lowest BCUT2D eigenvalue weighted by atomic mass is 10.4. The predicted octanol–water partition coefficient (Wildman–Crippen LogP) is 1.92. The Balaban J connectivity index is 1.70. The maximum atomic E-state index is 11.6. The van der Waals surface area contributed by atoms with E-state index in [4.69, 9.17) is 8.94 Å². The SMILES string of the molecule is CCCn1c(SCc2nc(-c3ccco3)no2)n[nH]c1=O. The maximum Gasteiger partial charge on any atom is 0.343 e. The van der Waals surface area contributed by atoms with E-state index in [0.29, 0.717) is 34.9 Å². The summed E-state index contributed by atoms with van der Waals surface area (Å²) in [5, 5.41) is 10.9. The number of aromatic nitrogens is 5. The molecule has 8 nitrogen and oxygen atoms in total. The topological polar surface area (TPSA) is 103 Å². The quantitative estimate of drug-likeness (QED) is 0.694. The van der Waals surface area contributed by atoms with E-state index in [0.717, 1.165) is 6.42 Å². The average molecular weight is 307 g/mol. The van der Waals surface area contributed by atoms with Crippen LogP contribution in [0, 0.1) is 0 Å². The average Bonchev–Trinajstić information content (AvgIpc) is 3.19. The molecule has 0 atom stereocenters. The number of rotatable bonds is 6. The van der Waals surface area contributed by atoms with Crippen molar-refractivity contribution in [1.82, 2.24) is 24.9 Å². The van der Waals surface area contributed by atoms with E-state index in [1.165, 1.54) is 11.8 Å². The third-order valence-electron chi connectivity index (χ3n) is 2.70. The zero-order valence-corrected chi connectivity index (χ0v) is 12.1. The normalized spacial score (nSPS) is 11.1. The Morgan fingerprint density at radius 3 is 3.14 bits per heavy atom. The van der Waals surface area contributed by atoms with E-state index < -0.39 is 0 Å². The number of furan rings is 1. The lowest BCUT2D eigenvalue weighted by molar-refractivity contribution is 0.390. The second-order valence-corrected chi connectivity index (χ2v) is 5.18. The molecule has 0 aromatic carbocycles. The van der Waals surface area contributed by atoms with Crippen LogP contribution in [0.3, 0.4) is 0 Å². The van der Waals surface area contributed by atoms with E-state index in [1.807, 2.05) is 6.92 Å². The molecular weight excluding hydrogens is 294 g/mol. The summed E-state index contributed by atoms with van der Waals surface area (Å²) in [6.45, 7) is 2.63. The molecule has 0 amide bonds. The lowest BCUT2D eigenvalue weighted by Gasteiger charge is -2.01. The summed E-state index contributed by atoms with van der Waals surface area (Å²) in [7, 11) is 0. The summed E-state index contributed by atoms with van der Waals surface area (Å²) >= 11 is 1.37. The van der Waals surface area contributed by atoms with Gasteiger partial charge in [-0.15, -0.1) is 5.10 Å². The number of nitrogens with zero attached hydrogens (tertiary/aromatic N) is 4. The Labute approximate surface area is 123 Å². The number of H-pyrrole nitrogens is 1. The van der Waals surface area contributed by atoms with Crippen molar-refractivity contribution in [2.45, 2.75) is 30.8 Å². The van der Waals surface area contributed by atoms with Gasteiger partial charge in [0.2, 0.25) is 11.7 Å². The van der Waals surface area contributed by atoms with Crippen LogP contribution in [0.2, 0.25) is 0 Å². The van der Waals surface area contributed by atoms with E-state index in [9.17, 15) is 4.79 Å². The number of hydrogen-bond acceptors (Lipinski definition) is 7. The van der Waals surface area contributed by atoms with Crippen LogP contribution >= 0.6 is 11.8 Å². The van der Waals surface area contributed by atoms with Gasteiger partial charge in [0.05, 0.1) is 12.0 Å². The molecule has 0 saturated heterocycles. The van der Waals surface area contributed by atoms with Crippen LogP contribution in [-0.4, -0.2) is 24.9 Å². The molecule has 0 bridgehead atoms. The summed E-state index contributed by atoms with van der Waals surface area (Å²) in [5.41, 5.74) is -0.207. The largest absolute Gasteiger partial charge is 0.461 e. The highest BCUT2D eigenvalue weighted by molar-refractivity contribution is 7.98. The smallest absolute Gasteiger partial charge is 0.343 e. The van der Waals surface area contributed by atoms with Crippen molar-refractivity contribution < 1.29 is 8.94 Å². The van der Waals surface area contributed by atoms with Crippen molar-refractivity contribution >= 4 is 11.8 Å². The summed E-state index contributed by atoms with van der Waals surface area (Å²) in [5.74, 6) is 1.84. The minimum absolute atomic E-state index is 0.207. The highest BCUT2D eigenvalue weighted by atomic mass is 32.2. The minimum atomic E-state index is -0.207. The fourth-order valence-electron chi connectivity index (χ4n) is 1.78. The van der Waals surface area contributed by atoms with Gasteiger partial charge in [-0.3, -0.25) is 4.57 Å². The highest BCUT2D eigenvalue weighted by Crippen LogP contribution is 2.21. The minimum Gasteiger partial charge on any atom is -0.461 e. The maximum absolute atomic E-state index is 11.6. The van der Waals surface area contributed by atoms with Crippen molar-refractivity contribution in [2.24, 2.45) is 0 Å². The molecule has 0 unspecified atom stereocenters. The molecule has 1 N–H and O–H groups in total. The van der Waals surface area contributed by atoms with Crippen molar-refractivity contribution in [2.75, 3.05) is 0 Å². The highest BCUT2D eigenvalue weighted by Gasteiger charge is 2.13. The molecule has 0 saturated carbocycles. The third kappa shape index (κ3) is 2.92. The van der Waals surface area contributed by atoms with E-state index >= 15 is 0 Å². The van der Waals surface area contributed by atoms with Gasteiger partial charge in [0, 0.05) is 6.54 Å². The first-order valence-electron chi connectivity index (χ1n) is 6.42. The first kappa shape index (κ1) is 13.7. The van der Waals surface area contributed by atoms with Gasteiger partial charge in [-0.1, -0.05) is 23.8 Å². The van der Waals surface area contributed by atoms with Crippen LogP contribution in [0.1, 0.15) is 19.2 Å². The van der Waals surface area contributed by atoms with Crippen molar-refractivity contribution in [1.29, 1.82) is 0 Å². The third-order valence-corrected chi connectivity index (χ3v) is 3.67. The summed E-state index contributed by atoms with van der Waals surface area (Å²) in [6.07, 6.45) is 2.41. The van der Waals surface area contributed by atoms with Crippen LogP contribution in [-0.2, 0) is 12.3 Å². The van der Waals surface area contributed by atoms with E-state index in [-0.39, 0.29) is 5.69 Å². The van der Waals surface area contributed by atoms with Crippen LogP contribution < -0.4 is 5.69 Å². The molecule has 110 valence electrons. The van der Waals surface area contributed by atoms with Crippen molar-refractivity contribution in [3.05, 3.63) is 34.8 Å². The van der Waals surface area contributed by atoms with Gasteiger partial charge < -0.3 is 8.94 Å². The number of nitrogens with one attached hydrogen (secondary N) is 1. The van der Waals surface area contributed by atoms with Gasteiger partial charge >= 0.3 is 5.69 Å². The predicted molar refractivity (Wildman–Crippen MR) is 74.7 cm³/mol. The first-order chi connectivity index (χ1) is 10.3. The van der Waals surface area contributed by atoms with Gasteiger partial charge in [-0.05, 0) is 18.6 Å². The zero-order chi connectivity index (χ0) is 14.7. The molecule has 0 radical (unpaired) electrons. The van der Waals surface area contributed by atoms with Gasteiger partial charge in [0.15, 0.2) is 10.9 Å². The van der Waals surface area contributed by atoms with Gasteiger partial charge in [-0.25, -0.2) is 9.89 Å². The summed E-state index contributed by atoms with van der Waals surface area (Å²) in [6, 6.07) is 3.52. The van der Waals surface area contributed by atoms with Crippen LogP contribution in [0.5, 0.6) is 0 Å². The Bertz CT molecular complexity index is 758. The fourth-order valence-corrected chi connectivity index (χ4v) is 2.59. The van der Waals surface area contributed by atoms with Crippen molar-refractivity contribution in [3.63, 3.8) is 0 Å².